The van der Waals surface area contributed by atoms with E-state index >= 15 is 0 Å². The number of ether oxygens (including phenoxy) is 2. The first kappa shape index (κ1) is 29.1. The van der Waals surface area contributed by atoms with Crippen LogP contribution in [0.3, 0.4) is 0 Å². The van der Waals surface area contributed by atoms with Crippen LogP contribution in [0.25, 0.3) is 0 Å². The van der Waals surface area contributed by atoms with Gasteiger partial charge in [0.1, 0.15) is 10.8 Å². The Bertz CT molecular complexity index is 1540. The predicted octanol–water partition coefficient (Wildman–Crippen LogP) is 4.41. The van der Waals surface area contributed by atoms with Crippen LogP contribution in [0.1, 0.15) is 63.4 Å². The van der Waals surface area contributed by atoms with Crippen LogP contribution >= 0.6 is 11.3 Å². The quantitative estimate of drug-likeness (QED) is 0.0990. The van der Waals surface area contributed by atoms with E-state index < -0.39 is 28.7 Å². The number of hydrogen-bond acceptors (Lipinski definition) is 10. The summed E-state index contributed by atoms with van der Waals surface area (Å²) in [5.41, 5.74) is 3.85. The molecule has 212 valence electrons. The van der Waals surface area contributed by atoms with Crippen LogP contribution in [0.15, 0.2) is 53.6 Å². The summed E-state index contributed by atoms with van der Waals surface area (Å²) in [6.45, 7) is 3.41. The molecule has 0 unspecified atom stereocenters. The summed E-state index contributed by atoms with van der Waals surface area (Å²) in [6, 6.07) is 11.4. The number of nitro groups is 1. The topological polar surface area (TPSA) is 166 Å². The number of aryl methyl sites for hydroxylation is 1. The fourth-order valence-electron chi connectivity index (χ4n) is 4.21. The highest BCUT2D eigenvalue weighted by molar-refractivity contribution is 7.17. The third-order valence-corrected chi connectivity index (χ3v) is 7.41. The number of thiophene rings is 1. The number of carbonyl (C=O) groups excluding carboxylic acids is 4. The van der Waals surface area contributed by atoms with E-state index in [-0.39, 0.29) is 39.9 Å². The molecule has 13 heteroatoms. The number of benzene rings is 2. The number of fused-ring (bicyclic) bond motifs is 1. The second-order valence-electron chi connectivity index (χ2n) is 8.92. The number of nitrogens with zero attached hydrogens (tertiary/aromatic N) is 2. The number of hydrazone groups is 1. The van der Waals surface area contributed by atoms with Gasteiger partial charge in [-0.15, -0.1) is 11.3 Å². The van der Waals surface area contributed by atoms with Crippen LogP contribution < -0.4 is 15.5 Å². The number of nitrogens with one attached hydrogen (secondary N) is 2. The van der Waals surface area contributed by atoms with Crippen molar-refractivity contribution in [2.45, 2.75) is 39.5 Å². The first-order chi connectivity index (χ1) is 19.7. The van der Waals surface area contributed by atoms with Gasteiger partial charge in [-0.3, -0.25) is 19.7 Å². The Kier molecular flexibility index (Phi) is 9.19. The van der Waals surface area contributed by atoms with Gasteiger partial charge in [-0.1, -0.05) is 12.1 Å². The Balaban J connectivity index is 1.45. The molecular formula is C28H26N4O8S. The van der Waals surface area contributed by atoms with Crippen molar-refractivity contribution in [1.82, 2.24) is 5.43 Å². The van der Waals surface area contributed by atoms with Crippen LogP contribution in [0.2, 0.25) is 0 Å². The zero-order valence-corrected chi connectivity index (χ0v) is 23.0. The average Bonchev–Trinajstić information content (AvgIpc) is 3.34. The van der Waals surface area contributed by atoms with Gasteiger partial charge in [-0.2, -0.15) is 5.10 Å². The van der Waals surface area contributed by atoms with Crippen molar-refractivity contribution in [1.29, 1.82) is 0 Å². The van der Waals surface area contributed by atoms with E-state index in [0.29, 0.717) is 12.0 Å². The maximum atomic E-state index is 12.7. The Hall–Kier alpha value is -4.91. The zero-order valence-electron chi connectivity index (χ0n) is 22.2. The minimum atomic E-state index is -1.06. The van der Waals surface area contributed by atoms with Gasteiger partial charge in [0, 0.05) is 22.6 Å². The molecule has 1 aliphatic rings. The standard InChI is InChI=1S/C28H26N4O8S/c1-3-39-28(36)23-20-9-5-7-11-22(20)41-26(23)29-24(33)25(34)31-30-16(2)19-8-4-6-10-21(19)40-27(35)17-12-14-18(15-13-17)32(37)38/h4,6,8,10,12-15H,3,5,7,9,11H2,1-2H3,(H,29,33)(H,31,34)/b30-16+. The normalized spacial score (nSPS) is 12.6. The van der Waals surface area contributed by atoms with Gasteiger partial charge < -0.3 is 14.8 Å². The van der Waals surface area contributed by atoms with Crippen LogP contribution in [0, 0.1) is 10.1 Å². The predicted molar refractivity (Wildman–Crippen MR) is 150 cm³/mol. The Morgan fingerprint density at radius 3 is 2.41 bits per heavy atom. The average molecular weight is 579 g/mol. The van der Waals surface area contributed by atoms with Gasteiger partial charge >= 0.3 is 23.8 Å². The first-order valence-corrected chi connectivity index (χ1v) is 13.5. The number of amides is 2. The number of non-ortho nitro benzene ring substituents is 1. The van der Waals surface area contributed by atoms with Crippen molar-refractivity contribution in [3.05, 3.63) is 85.8 Å². The molecule has 0 aliphatic heterocycles. The Morgan fingerprint density at radius 1 is 1.00 bits per heavy atom. The number of hydrogen-bond donors (Lipinski definition) is 2. The summed E-state index contributed by atoms with van der Waals surface area (Å²) in [5.74, 6) is -3.25. The number of nitro benzene ring substituents is 1. The van der Waals surface area contributed by atoms with E-state index in [4.69, 9.17) is 9.47 Å². The highest BCUT2D eigenvalue weighted by Gasteiger charge is 2.28. The lowest BCUT2D eigenvalue weighted by Gasteiger charge is -2.12. The number of anilines is 1. The van der Waals surface area contributed by atoms with Crippen molar-refractivity contribution < 1.29 is 33.6 Å². The number of rotatable bonds is 8. The molecule has 1 aliphatic carbocycles. The molecule has 12 nitrogen and oxygen atoms in total. The van der Waals surface area contributed by atoms with Gasteiger partial charge in [-0.05, 0) is 69.4 Å². The van der Waals surface area contributed by atoms with Crippen molar-refractivity contribution in [3.8, 4) is 5.75 Å². The van der Waals surface area contributed by atoms with E-state index in [2.05, 4.69) is 15.8 Å². The van der Waals surface area contributed by atoms with Crippen LogP contribution in [0.5, 0.6) is 5.75 Å². The SMILES string of the molecule is CCOC(=O)c1c(NC(=O)C(=O)N/N=C(\C)c2ccccc2OC(=O)c2ccc([N+](=O)[O-])cc2)sc2c1CCCC2. The highest BCUT2D eigenvalue weighted by atomic mass is 32.1. The molecule has 0 saturated carbocycles. The molecular weight excluding hydrogens is 552 g/mol. The molecule has 1 heterocycles. The maximum Gasteiger partial charge on any atom is 0.343 e. The largest absolute Gasteiger partial charge is 0.462 e. The summed E-state index contributed by atoms with van der Waals surface area (Å²) in [6.07, 6.45) is 3.37. The Morgan fingerprint density at radius 2 is 1.71 bits per heavy atom. The third kappa shape index (κ3) is 6.81. The summed E-state index contributed by atoms with van der Waals surface area (Å²) >= 11 is 1.26. The number of carbonyl (C=O) groups is 4. The molecule has 0 fully saturated rings. The lowest BCUT2D eigenvalue weighted by atomic mass is 9.95. The molecule has 3 aromatic rings. The minimum absolute atomic E-state index is 0.0995. The van der Waals surface area contributed by atoms with E-state index in [1.165, 1.54) is 41.7 Å². The highest BCUT2D eigenvalue weighted by Crippen LogP contribution is 2.38. The molecule has 2 amide bonds. The molecule has 4 rings (SSSR count). The maximum absolute atomic E-state index is 12.7. The van der Waals surface area contributed by atoms with Crippen LogP contribution in [-0.2, 0) is 27.2 Å². The molecule has 0 atom stereocenters. The van der Waals surface area contributed by atoms with E-state index in [1.807, 2.05) is 0 Å². The van der Waals surface area contributed by atoms with E-state index in [9.17, 15) is 29.3 Å². The van der Waals surface area contributed by atoms with E-state index in [1.54, 1.807) is 32.0 Å². The second-order valence-corrected chi connectivity index (χ2v) is 10.0. The smallest absolute Gasteiger partial charge is 0.343 e. The second kappa shape index (κ2) is 13.0. The summed E-state index contributed by atoms with van der Waals surface area (Å²) < 4.78 is 10.6. The first-order valence-electron chi connectivity index (χ1n) is 12.7. The Labute approximate surface area is 238 Å². The molecule has 1 aromatic heterocycles. The molecule has 0 spiro atoms. The summed E-state index contributed by atoms with van der Waals surface area (Å²) in [4.78, 5) is 61.7. The van der Waals surface area contributed by atoms with Gasteiger partial charge in [0.25, 0.3) is 5.69 Å². The fraction of sp³-hybridized carbons (Fsp3) is 0.250. The zero-order chi connectivity index (χ0) is 29.5. The van der Waals surface area contributed by atoms with Gasteiger partial charge in [0.05, 0.1) is 28.4 Å². The lowest BCUT2D eigenvalue weighted by molar-refractivity contribution is -0.384. The van der Waals surface area contributed by atoms with Crippen LogP contribution in [-0.4, -0.2) is 41.0 Å². The van der Waals surface area contributed by atoms with Crippen molar-refractivity contribution in [2.24, 2.45) is 5.10 Å². The molecule has 2 N–H and O–H groups in total. The molecule has 41 heavy (non-hydrogen) atoms. The van der Waals surface area contributed by atoms with Gasteiger partial charge in [-0.25, -0.2) is 15.0 Å². The summed E-state index contributed by atoms with van der Waals surface area (Å²) in [5, 5.41) is 17.6. The van der Waals surface area contributed by atoms with Gasteiger partial charge in [0.2, 0.25) is 0 Å². The molecule has 0 saturated heterocycles. The summed E-state index contributed by atoms with van der Waals surface area (Å²) in [7, 11) is 0. The number of esters is 2. The van der Waals surface area contributed by atoms with Crippen molar-refractivity contribution >= 4 is 51.5 Å². The van der Waals surface area contributed by atoms with Crippen molar-refractivity contribution in [2.75, 3.05) is 11.9 Å². The van der Waals surface area contributed by atoms with Crippen molar-refractivity contribution in [3.63, 3.8) is 0 Å². The lowest BCUT2D eigenvalue weighted by Crippen LogP contribution is -2.33. The molecule has 0 bridgehead atoms. The third-order valence-electron chi connectivity index (χ3n) is 6.20. The van der Waals surface area contributed by atoms with Crippen LogP contribution in [0.4, 0.5) is 10.7 Å². The minimum Gasteiger partial charge on any atom is -0.462 e. The fourth-order valence-corrected chi connectivity index (χ4v) is 5.48. The monoisotopic (exact) mass is 578 g/mol. The molecule has 2 aromatic carbocycles. The molecule has 0 radical (unpaired) electrons. The number of para-hydroxylation sites is 1. The van der Waals surface area contributed by atoms with Gasteiger partial charge in [0.15, 0.2) is 0 Å². The van der Waals surface area contributed by atoms with E-state index in [0.717, 1.165) is 29.7 Å².